The highest BCUT2D eigenvalue weighted by Gasteiger charge is 2.14. The molecule has 0 atom stereocenters. The molecule has 2 rings (SSSR count). The van der Waals surface area contributed by atoms with Crippen molar-refractivity contribution in [3.8, 4) is 0 Å². The van der Waals surface area contributed by atoms with Crippen molar-refractivity contribution in [3.63, 3.8) is 0 Å². The predicted molar refractivity (Wildman–Crippen MR) is 87.4 cm³/mol. The van der Waals surface area contributed by atoms with Crippen molar-refractivity contribution < 1.29 is 8.42 Å². The highest BCUT2D eigenvalue weighted by atomic mass is 32.2. The molecule has 1 aromatic rings. The van der Waals surface area contributed by atoms with Gasteiger partial charge in [-0.15, -0.1) is 0 Å². The minimum absolute atomic E-state index is 0.197. The Morgan fingerprint density at radius 1 is 1.19 bits per heavy atom. The Hall–Kier alpha value is -1.27. The van der Waals surface area contributed by atoms with Crippen LogP contribution in [0.3, 0.4) is 0 Å². The first-order valence-electron chi connectivity index (χ1n) is 7.53. The zero-order chi connectivity index (χ0) is 15.3. The van der Waals surface area contributed by atoms with E-state index in [2.05, 4.69) is 10.2 Å². The molecule has 0 aromatic heterocycles. The number of hydrogen-bond donors (Lipinski definition) is 2. The van der Waals surface area contributed by atoms with Crippen molar-refractivity contribution >= 4 is 21.2 Å². The van der Waals surface area contributed by atoms with E-state index in [4.69, 9.17) is 5.73 Å². The molecule has 1 aromatic carbocycles. The number of nitrogens with one attached hydrogen (secondary N) is 1. The van der Waals surface area contributed by atoms with Gasteiger partial charge in [-0.05, 0) is 38.1 Å². The second-order valence-electron chi connectivity index (χ2n) is 5.67. The quantitative estimate of drug-likeness (QED) is 0.813. The highest BCUT2D eigenvalue weighted by molar-refractivity contribution is 7.90. The average Bonchev–Trinajstić information content (AvgIpc) is 2.68. The Labute approximate surface area is 127 Å². The molecule has 3 N–H and O–H groups in total. The molecule has 1 heterocycles. The second-order valence-corrected chi connectivity index (χ2v) is 7.66. The minimum atomic E-state index is -3.28. The summed E-state index contributed by atoms with van der Waals surface area (Å²) in [5, 5.41) is 3.26. The molecule has 1 aliphatic heterocycles. The maximum atomic E-state index is 11.6. The molecule has 6 heteroatoms. The van der Waals surface area contributed by atoms with Crippen LogP contribution in [0.2, 0.25) is 0 Å². The van der Waals surface area contributed by atoms with Crippen LogP contribution in [0.5, 0.6) is 0 Å². The van der Waals surface area contributed by atoms with Gasteiger partial charge in [-0.1, -0.05) is 18.9 Å². The van der Waals surface area contributed by atoms with Crippen LogP contribution >= 0.6 is 0 Å². The first-order chi connectivity index (χ1) is 9.98. The van der Waals surface area contributed by atoms with E-state index in [0.29, 0.717) is 11.4 Å². The number of anilines is 2. The number of nitrogen functional groups attached to an aromatic ring is 1. The first-order valence-corrected chi connectivity index (χ1v) is 9.42. The SMILES string of the molecule is CS(=O)(=O)c1cccc(NCCN2CCCCCC2)c1N. The zero-order valence-corrected chi connectivity index (χ0v) is 13.5. The van der Waals surface area contributed by atoms with Gasteiger partial charge in [-0.3, -0.25) is 0 Å². The van der Waals surface area contributed by atoms with E-state index in [-0.39, 0.29) is 4.90 Å². The van der Waals surface area contributed by atoms with Crippen molar-refractivity contribution in [2.75, 3.05) is 43.5 Å². The number of hydrogen-bond acceptors (Lipinski definition) is 5. The Morgan fingerprint density at radius 2 is 1.86 bits per heavy atom. The number of likely N-dealkylation sites (tertiary alicyclic amines) is 1. The molecule has 21 heavy (non-hydrogen) atoms. The van der Waals surface area contributed by atoms with Crippen LogP contribution in [0.25, 0.3) is 0 Å². The van der Waals surface area contributed by atoms with Crippen LogP contribution in [-0.2, 0) is 9.84 Å². The van der Waals surface area contributed by atoms with Gasteiger partial charge >= 0.3 is 0 Å². The summed E-state index contributed by atoms with van der Waals surface area (Å²) in [6, 6.07) is 5.10. The molecular formula is C15H25N3O2S. The fraction of sp³-hybridized carbons (Fsp3) is 0.600. The van der Waals surface area contributed by atoms with Crippen molar-refractivity contribution in [1.82, 2.24) is 4.90 Å². The fourth-order valence-electron chi connectivity index (χ4n) is 2.73. The van der Waals surface area contributed by atoms with Crippen LogP contribution < -0.4 is 11.1 Å². The Balaban J connectivity index is 1.94. The summed E-state index contributed by atoms with van der Waals surface area (Å²) in [5.41, 5.74) is 6.98. The van der Waals surface area contributed by atoms with Gasteiger partial charge in [-0.25, -0.2) is 8.42 Å². The summed E-state index contributed by atoms with van der Waals surface area (Å²) in [4.78, 5) is 2.65. The van der Waals surface area contributed by atoms with E-state index in [1.54, 1.807) is 12.1 Å². The lowest BCUT2D eigenvalue weighted by molar-refractivity contribution is 0.296. The summed E-state index contributed by atoms with van der Waals surface area (Å²) >= 11 is 0. The lowest BCUT2D eigenvalue weighted by Gasteiger charge is -2.20. The Bertz CT molecular complexity index is 564. The van der Waals surface area contributed by atoms with Gasteiger partial charge in [0, 0.05) is 19.3 Å². The van der Waals surface area contributed by atoms with E-state index in [9.17, 15) is 8.42 Å². The summed E-state index contributed by atoms with van der Waals surface area (Å²) in [7, 11) is -3.28. The molecule has 0 aliphatic carbocycles. The van der Waals surface area contributed by atoms with E-state index in [0.717, 1.165) is 26.2 Å². The third kappa shape index (κ3) is 4.61. The highest BCUT2D eigenvalue weighted by Crippen LogP contribution is 2.26. The minimum Gasteiger partial charge on any atom is -0.396 e. The van der Waals surface area contributed by atoms with Gasteiger partial charge in [0.2, 0.25) is 0 Å². The van der Waals surface area contributed by atoms with E-state index < -0.39 is 9.84 Å². The Kier molecular flexibility index (Phi) is 5.47. The molecule has 1 aliphatic rings. The van der Waals surface area contributed by atoms with Gasteiger partial charge < -0.3 is 16.0 Å². The van der Waals surface area contributed by atoms with Crippen molar-refractivity contribution in [2.24, 2.45) is 0 Å². The molecule has 1 saturated heterocycles. The van der Waals surface area contributed by atoms with E-state index in [1.165, 1.54) is 31.9 Å². The second kappa shape index (κ2) is 7.13. The van der Waals surface area contributed by atoms with Gasteiger partial charge in [-0.2, -0.15) is 0 Å². The molecule has 0 amide bonds. The average molecular weight is 311 g/mol. The van der Waals surface area contributed by atoms with Gasteiger partial charge in [0.15, 0.2) is 9.84 Å². The number of rotatable bonds is 5. The van der Waals surface area contributed by atoms with Crippen LogP contribution in [0.4, 0.5) is 11.4 Å². The fourth-order valence-corrected chi connectivity index (χ4v) is 3.57. The molecular weight excluding hydrogens is 286 g/mol. The maximum Gasteiger partial charge on any atom is 0.177 e. The molecule has 0 spiro atoms. The lowest BCUT2D eigenvalue weighted by atomic mass is 10.2. The monoisotopic (exact) mass is 311 g/mol. The summed E-state index contributed by atoms with van der Waals surface area (Å²) in [5.74, 6) is 0. The van der Waals surface area contributed by atoms with E-state index in [1.807, 2.05) is 6.07 Å². The number of nitrogens with zero attached hydrogens (tertiary/aromatic N) is 1. The van der Waals surface area contributed by atoms with Crippen LogP contribution in [-0.4, -0.2) is 45.8 Å². The van der Waals surface area contributed by atoms with E-state index >= 15 is 0 Å². The number of benzene rings is 1. The van der Waals surface area contributed by atoms with Crippen LogP contribution in [0.15, 0.2) is 23.1 Å². The van der Waals surface area contributed by atoms with Gasteiger partial charge in [0.05, 0.1) is 16.3 Å². The molecule has 0 radical (unpaired) electrons. The van der Waals surface area contributed by atoms with Gasteiger partial charge in [0.25, 0.3) is 0 Å². The number of para-hydroxylation sites is 1. The van der Waals surface area contributed by atoms with Crippen molar-refractivity contribution in [3.05, 3.63) is 18.2 Å². The van der Waals surface area contributed by atoms with Crippen LogP contribution in [0, 0.1) is 0 Å². The zero-order valence-electron chi connectivity index (χ0n) is 12.6. The third-order valence-electron chi connectivity index (χ3n) is 3.91. The smallest absolute Gasteiger partial charge is 0.177 e. The summed E-state index contributed by atoms with van der Waals surface area (Å²) < 4.78 is 23.3. The van der Waals surface area contributed by atoms with Crippen LogP contribution in [0.1, 0.15) is 25.7 Å². The molecule has 5 nitrogen and oxygen atoms in total. The molecule has 0 bridgehead atoms. The largest absolute Gasteiger partial charge is 0.396 e. The first kappa shape index (κ1) is 16.1. The maximum absolute atomic E-state index is 11.6. The topological polar surface area (TPSA) is 75.4 Å². The molecule has 0 saturated carbocycles. The molecule has 0 unspecified atom stereocenters. The predicted octanol–water partition coefficient (Wildman–Crippen LogP) is 1.96. The summed E-state index contributed by atoms with van der Waals surface area (Å²) in [6.45, 7) is 4.04. The molecule has 1 fully saturated rings. The number of nitrogens with two attached hydrogens (primary N) is 1. The third-order valence-corrected chi connectivity index (χ3v) is 5.06. The van der Waals surface area contributed by atoms with Gasteiger partial charge in [0.1, 0.15) is 0 Å². The normalized spacial score (nSPS) is 17.4. The standard InChI is InChI=1S/C15H25N3O2S/c1-21(19,20)14-8-6-7-13(15(14)16)17-9-12-18-10-4-2-3-5-11-18/h6-8,17H,2-5,9-12,16H2,1H3. The lowest BCUT2D eigenvalue weighted by Crippen LogP contribution is -2.30. The van der Waals surface area contributed by atoms with Crippen molar-refractivity contribution in [2.45, 2.75) is 30.6 Å². The summed E-state index contributed by atoms with van der Waals surface area (Å²) in [6.07, 6.45) is 6.37. The molecule has 118 valence electrons. The number of sulfone groups is 1. The van der Waals surface area contributed by atoms with Crippen molar-refractivity contribution in [1.29, 1.82) is 0 Å². The Morgan fingerprint density at radius 3 is 2.48 bits per heavy atom.